The molecule has 0 radical (unpaired) electrons. The summed E-state index contributed by atoms with van der Waals surface area (Å²) in [6.45, 7) is 4.55. The second-order valence-electron chi connectivity index (χ2n) is 3.98. The Morgan fingerprint density at radius 2 is 2.08 bits per heavy atom. The minimum absolute atomic E-state index is 0.679. The van der Waals surface area contributed by atoms with Crippen molar-refractivity contribution in [3.05, 3.63) is 18.2 Å². The molecule has 0 aromatic carbocycles. The maximum absolute atomic E-state index is 4.17. The fraction of sp³-hybridized carbons (Fsp3) is 0.700. The van der Waals surface area contributed by atoms with E-state index in [0.29, 0.717) is 6.04 Å². The van der Waals surface area contributed by atoms with Gasteiger partial charge in [0.25, 0.3) is 0 Å². The van der Waals surface area contributed by atoms with Crippen LogP contribution < -0.4 is 0 Å². The van der Waals surface area contributed by atoms with Gasteiger partial charge in [0.2, 0.25) is 0 Å². The second-order valence-corrected chi connectivity index (χ2v) is 3.98. The van der Waals surface area contributed by atoms with Gasteiger partial charge in [0, 0.05) is 17.9 Å². The quantitative estimate of drug-likeness (QED) is 0.650. The molecule has 1 aliphatic heterocycles. The lowest BCUT2D eigenvalue weighted by Crippen LogP contribution is -2.31. The van der Waals surface area contributed by atoms with Gasteiger partial charge in [0.05, 0.1) is 6.33 Å². The van der Waals surface area contributed by atoms with Gasteiger partial charge in [-0.2, -0.15) is 0 Å². The summed E-state index contributed by atoms with van der Waals surface area (Å²) < 4.78 is 2.31. The van der Waals surface area contributed by atoms with Crippen LogP contribution in [0.2, 0.25) is 0 Å². The molecule has 1 aliphatic rings. The standard InChI is InChI=1S/C10H17N3/c1-9-7-11-8-13(9)10-3-5-12(2)6-4-10/h7-8,10H,3-6H2,1-2H3. The average Bonchev–Trinajstić information content (AvgIpc) is 2.53. The van der Waals surface area contributed by atoms with E-state index in [4.69, 9.17) is 0 Å². The van der Waals surface area contributed by atoms with E-state index in [0.717, 1.165) is 0 Å². The largest absolute Gasteiger partial charge is 0.332 e. The van der Waals surface area contributed by atoms with E-state index in [9.17, 15) is 0 Å². The Hall–Kier alpha value is -0.830. The van der Waals surface area contributed by atoms with Crippen molar-refractivity contribution < 1.29 is 0 Å². The van der Waals surface area contributed by atoms with Gasteiger partial charge in [-0.3, -0.25) is 0 Å². The fourth-order valence-corrected chi connectivity index (χ4v) is 2.03. The molecule has 1 aromatic rings. The Bertz CT molecular complexity index is 271. The van der Waals surface area contributed by atoms with Crippen molar-refractivity contribution in [1.29, 1.82) is 0 Å². The third-order valence-electron chi connectivity index (χ3n) is 2.94. The molecule has 0 spiro atoms. The Kier molecular flexibility index (Phi) is 2.36. The van der Waals surface area contributed by atoms with Crippen molar-refractivity contribution in [1.82, 2.24) is 14.5 Å². The number of nitrogens with zero attached hydrogens (tertiary/aromatic N) is 3. The van der Waals surface area contributed by atoms with E-state index in [1.807, 2.05) is 12.5 Å². The zero-order valence-corrected chi connectivity index (χ0v) is 8.40. The summed E-state index contributed by atoms with van der Waals surface area (Å²) in [7, 11) is 2.19. The molecule has 72 valence electrons. The predicted octanol–water partition coefficient (Wildman–Crippen LogP) is 1.46. The molecule has 1 saturated heterocycles. The highest BCUT2D eigenvalue weighted by atomic mass is 15.1. The van der Waals surface area contributed by atoms with Gasteiger partial charge in [0.15, 0.2) is 0 Å². The Morgan fingerprint density at radius 3 is 2.62 bits per heavy atom. The van der Waals surface area contributed by atoms with Crippen LogP contribution in [0.1, 0.15) is 24.6 Å². The van der Waals surface area contributed by atoms with Crippen LogP contribution in [0, 0.1) is 6.92 Å². The Balaban J connectivity index is 2.06. The molecule has 0 aliphatic carbocycles. The number of piperidine rings is 1. The summed E-state index contributed by atoms with van der Waals surface area (Å²) in [4.78, 5) is 6.56. The van der Waals surface area contributed by atoms with Crippen LogP contribution in [0.15, 0.2) is 12.5 Å². The SMILES string of the molecule is Cc1cncn1C1CCN(C)CC1. The highest BCUT2D eigenvalue weighted by molar-refractivity contribution is 4.97. The highest BCUT2D eigenvalue weighted by Gasteiger charge is 2.18. The summed E-state index contributed by atoms with van der Waals surface area (Å²) in [6.07, 6.45) is 6.42. The number of aryl methyl sites for hydroxylation is 1. The van der Waals surface area contributed by atoms with Crippen molar-refractivity contribution in [2.45, 2.75) is 25.8 Å². The van der Waals surface area contributed by atoms with Crippen LogP contribution in [0.4, 0.5) is 0 Å². The Morgan fingerprint density at radius 1 is 1.38 bits per heavy atom. The summed E-state index contributed by atoms with van der Waals surface area (Å²) in [5.41, 5.74) is 1.29. The molecule has 0 bridgehead atoms. The lowest BCUT2D eigenvalue weighted by Gasteiger charge is -2.30. The first-order valence-electron chi connectivity index (χ1n) is 4.94. The molecule has 3 heteroatoms. The number of likely N-dealkylation sites (tertiary alicyclic amines) is 1. The van der Waals surface area contributed by atoms with Gasteiger partial charge < -0.3 is 9.47 Å². The number of hydrogen-bond acceptors (Lipinski definition) is 2. The molecule has 1 fully saturated rings. The number of rotatable bonds is 1. The molecule has 0 unspecified atom stereocenters. The summed E-state index contributed by atoms with van der Waals surface area (Å²) >= 11 is 0. The third-order valence-corrected chi connectivity index (χ3v) is 2.94. The van der Waals surface area contributed by atoms with Crippen molar-refractivity contribution in [3.8, 4) is 0 Å². The van der Waals surface area contributed by atoms with Gasteiger partial charge in [-0.1, -0.05) is 0 Å². The molecule has 13 heavy (non-hydrogen) atoms. The average molecular weight is 179 g/mol. The molecule has 1 aromatic heterocycles. The van der Waals surface area contributed by atoms with Gasteiger partial charge in [-0.25, -0.2) is 4.98 Å². The van der Waals surface area contributed by atoms with Gasteiger partial charge in [-0.15, -0.1) is 0 Å². The van der Waals surface area contributed by atoms with E-state index in [2.05, 4.69) is 28.4 Å². The van der Waals surface area contributed by atoms with E-state index in [1.165, 1.54) is 31.6 Å². The summed E-state index contributed by atoms with van der Waals surface area (Å²) in [6, 6.07) is 0.679. The van der Waals surface area contributed by atoms with Crippen LogP contribution in [0.5, 0.6) is 0 Å². The first-order valence-corrected chi connectivity index (χ1v) is 4.94. The summed E-state index contributed by atoms with van der Waals surface area (Å²) in [5, 5.41) is 0. The van der Waals surface area contributed by atoms with Crippen LogP contribution in [-0.2, 0) is 0 Å². The molecule has 0 saturated carbocycles. The molecule has 3 nitrogen and oxygen atoms in total. The van der Waals surface area contributed by atoms with Crippen molar-refractivity contribution in [2.24, 2.45) is 0 Å². The molecular formula is C10H17N3. The van der Waals surface area contributed by atoms with Crippen LogP contribution in [0.25, 0.3) is 0 Å². The van der Waals surface area contributed by atoms with Gasteiger partial charge >= 0.3 is 0 Å². The highest BCUT2D eigenvalue weighted by Crippen LogP contribution is 2.22. The zero-order chi connectivity index (χ0) is 9.26. The van der Waals surface area contributed by atoms with E-state index >= 15 is 0 Å². The molecular weight excluding hydrogens is 162 g/mol. The Labute approximate surface area is 79.4 Å². The van der Waals surface area contributed by atoms with Crippen LogP contribution in [-0.4, -0.2) is 34.6 Å². The maximum Gasteiger partial charge on any atom is 0.0950 e. The number of imidazole rings is 1. The van der Waals surface area contributed by atoms with Crippen molar-refractivity contribution in [3.63, 3.8) is 0 Å². The van der Waals surface area contributed by atoms with Gasteiger partial charge in [-0.05, 0) is 39.9 Å². The second kappa shape index (κ2) is 3.50. The monoisotopic (exact) mass is 179 g/mol. The topological polar surface area (TPSA) is 21.1 Å². The predicted molar refractivity (Wildman–Crippen MR) is 52.7 cm³/mol. The van der Waals surface area contributed by atoms with Gasteiger partial charge in [0.1, 0.15) is 0 Å². The summed E-state index contributed by atoms with van der Waals surface area (Å²) in [5.74, 6) is 0. The zero-order valence-electron chi connectivity index (χ0n) is 8.40. The van der Waals surface area contributed by atoms with Crippen LogP contribution in [0.3, 0.4) is 0 Å². The lowest BCUT2D eigenvalue weighted by molar-refractivity contribution is 0.220. The van der Waals surface area contributed by atoms with Crippen molar-refractivity contribution >= 4 is 0 Å². The maximum atomic E-state index is 4.17. The fourth-order valence-electron chi connectivity index (χ4n) is 2.03. The molecule has 2 heterocycles. The first kappa shape index (κ1) is 8.75. The van der Waals surface area contributed by atoms with E-state index in [1.54, 1.807) is 0 Å². The van der Waals surface area contributed by atoms with E-state index < -0.39 is 0 Å². The molecule has 0 atom stereocenters. The smallest absolute Gasteiger partial charge is 0.0950 e. The van der Waals surface area contributed by atoms with E-state index in [-0.39, 0.29) is 0 Å². The lowest BCUT2D eigenvalue weighted by atomic mass is 10.1. The molecule has 2 rings (SSSR count). The van der Waals surface area contributed by atoms with Crippen LogP contribution >= 0.6 is 0 Å². The molecule has 0 N–H and O–H groups in total. The number of aromatic nitrogens is 2. The molecule has 0 amide bonds. The normalized spacial score (nSPS) is 20.8. The third kappa shape index (κ3) is 1.75. The minimum Gasteiger partial charge on any atom is -0.332 e. The van der Waals surface area contributed by atoms with Crippen molar-refractivity contribution in [2.75, 3.05) is 20.1 Å². The first-order chi connectivity index (χ1) is 6.27. The number of hydrogen-bond donors (Lipinski definition) is 0. The minimum atomic E-state index is 0.679.